The van der Waals surface area contributed by atoms with Crippen LogP contribution in [0.25, 0.3) is 12.2 Å². The quantitative estimate of drug-likeness (QED) is 0.553. The summed E-state index contributed by atoms with van der Waals surface area (Å²) in [5, 5.41) is 0. The first-order valence-electron chi connectivity index (χ1n) is 7.87. The highest BCUT2D eigenvalue weighted by atomic mass is 28.4. The van der Waals surface area contributed by atoms with Crippen molar-refractivity contribution in [2.45, 2.75) is 39.3 Å². The Morgan fingerprint density at radius 2 is 1.00 bits per heavy atom. The van der Waals surface area contributed by atoms with Gasteiger partial charge in [-0.25, -0.2) is 9.59 Å². The van der Waals surface area contributed by atoms with Gasteiger partial charge in [-0.1, -0.05) is 24.3 Å². The molecule has 0 saturated heterocycles. The van der Waals surface area contributed by atoms with Gasteiger partial charge in [0.25, 0.3) is 0 Å². The van der Waals surface area contributed by atoms with Gasteiger partial charge in [-0.15, -0.1) is 0 Å². The highest BCUT2D eigenvalue weighted by Gasteiger charge is 2.18. The Labute approximate surface area is 146 Å². The molecule has 0 aromatic heterocycles. The standard InChI is InChI=1S/C18H26O4Si2/c1-23(2,3)21-17(19)13-11-15-7-9-16(10-8-15)12-14-18(20)22-24(4,5)6/h7-14H,1-6H3/b13-11+,14-12+. The van der Waals surface area contributed by atoms with Crippen molar-refractivity contribution in [1.82, 2.24) is 0 Å². The van der Waals surface area contributed by atoms with Gasteiger partial charge in [-0.2, -0.15) is 0 Å². The van der Waals surface area contributed by atoms with E-state index in [2.05, 4.69) is 0 Å². The molecular weight excluding hydrogens is 336 g/mol. The van der Waals surface area contributed by atoms with Crippen LogP contribution in [0.1, 0.15) is 11.1 Å². The van der Waals surface area contributed by atoms with Gasteiger partial charge in [0, 0.05) is 12.2 Å². The maximum Gasteiger partial charge on any atom is 0.317 e. The molecule has 1 aromatic rings. The molecule has 0 spiro atoms. The summed E-state index contributed by atoms with van der Waals surface area (Å²) in [6, 6.07) is 7.51. The van der Waals surface area contributed by atoms with Crippen LogP contribution in [0.4, 0.5) is 0 Å². The van der Waals surface area contributed by atoms with E-state index < -0.39 is 16.6 Å². The summed E-state index contributed by atoms with van der Waals surface area (Å²) in [4.78, 5) is 23.3. The molecule has 0 heterocycles. The monoisotopic (exact) mass is 362 g/mol. The summed E-state index contributed by atoms with van der Waals surface area (Å²) in [5.74, 6) is -0.625. The minimum absolute atomic E-state index is 0.313. The lowest BCUT2D eigenvalue weighted by Crippen LogP contribution is -2.28. The van der Waals surface area contributed by atoms with Crippen LogP contribution in [0.3, 0.4) is 0 Å². The summed E-state index contributed by atoms with van der Waals surface area (Å²) >= 11 is 0. The predicted octanol–water partition coefficient (Wildman–Crippen LogP) is 4.47. The van der Waals surface area contributed by atoms with Gasteiger partial charge in [-0.3, -0.25) is 0 Å². The zero-order chi connectivity index (χ0) is 18.4. The van der Waals surface area contributed by atoms with E-state index in [4.69, 9.17) is 8.85 Å². The van der Waals surface area contributed by atoms with Crippen molar-refractivity contribution in [3.05, 3.63) is 47.5 Å². The third-order valence-corrected chi connectivity index (χ3v) is 4.20. The second-order valence-electron chi connectivity index (χ2n) is 7.40. The highest BCUT2D eigenvalue weighted by molar-refractivity contribution is 6.71. The van der Waals surface area contributed by atoms with E-state index in [1.54, 1.807) is 12.2 Å². The molecule has 0 atom stereocenters. The topological polar surface area (TPSA) is 52.6 Å². The molecule has 130 valence electrons. The third kappa shape index (κ3) is 9.27. The Kier molecular flexibility index (Phi) is 6.92. The fourth-order valence-corrected chi connectivity index (χ4v) is 3.06. The van der Waals surface area contributed by atoms with Crippen molar-refractivity contribution < 1.29 is 18.4 Å². The Morgan fingerprint density at radius 1 is 0.708 bits per heavy atom. The van der Waals surface area contributed by atoms with Gasteiger partial charge in [0.05, 0.1) is 0 Å². The molecule has 0 N–H and O–H groups in total. The number of rotatable bonds is 6. The van der Waals surface area contributed by atoms with Crippen molar-refractivity contribution in [2.75, 3.05) is 0 Å². The lowest BCUT2D eigenvalue weighted by Gasteiger charge is -2.15. The van der Waals surface area contributed by atoms with Gasteiger partial charge >= 0.3 is 11.9 Å². The molecule has 0 saturated carbocycles. The Morgan fingerprint density at radius 3 is 1.25 bits per heavy atom. The molecule has 0 aliphatic rings. The molecule has 0 aliphatic heterocycles. The third-order valence-electron chi connectivity index (χ3n) is 2.57. The smallest absolute Gasteiger partial charge is 0.317 e. The molecule has 1 aromatic carbocycles. The second-order valence-corrected chi connectivity index (χ2v) is 16.3. The van der Waals surface area contributed by atoms with E-state index in [9.17, 15) is 9.59 Å². The van der Waals surface area contributed by atoms with Crippen LogP contribution in [0, 0.1) is 0 Å². The number of hydrogen-bond donors (Lipinski definition) is 0. The number of carbonyl (C=O) groups excluding carboxylic acids is 2. The molecule has 0 unspecified atom stereocenters. The first-order valence-corrected chi connectivity index (χ1v) is 14.7. The van der Waals surface area contributed by atoms with Crippen LogP contribution < -0.4 is 0 Å². The van der Waals surface area contributed by atoms with E-state index in [1.807, 2.05) is 63.5 Å². The van der Waals surface area contributed by atoms with Crippen molar-refractivity contribution in [1.29, 1.82) is 0 Å². The van der Waals surface area contributed by atoms with Crippen LogP contribution in [-0.4, -0.2) is 28.6 Å². The van der Waals surface area contributed by atoms with E-state index in [0.29, 0.717) is 0 Å². The van der Waals surface area contributed by atoms with Crippen LogP contribution in [0.5, 0.6) is 0 Å². The van der Waals surface area contributed by atoms with Gasteiger partial charge in [-0.05, 0) is 62.6 Å². The molecule has 24 heavy (non-hydrogen) atoms. The fourth-order valence-electron chi connectivity index (χ4n) is 1.72. The molecule has 0 bridgehead atoms. The zero-order valence-corrected chi connectivity index (χ0v) is 17.3. The fraction of sp³-hybridized carbons (Fsp3) is 0.333. The highest BCUT2D eigenvalue weighted by Crippen LogP contribution is 2.10. The Hall–Kier alpha value is -1.93. The summed E-state index contributed by atoms with van der Waals surface area (Å²) in [6.45, 7) is 11.8. The Bertz CT molecular complexity index is 575. The van der Waals surface area contributed by atoms with Crippen molar-refractivity contribution >= 4 is 40.7 Å². The molecule has 0 amide bonds. The normalized spacial score (nSPS) is 12.6. The largest absolute Gasteiger partial charge is 0.517 e. The molecule has 0 aliphatic carbocycles. The van der Waals surface area contributed by atoms with Crippen molar-refractivity contribution in [3.8, 4) is 0 Å². The van der Waals surface area contributed by atoms with Gasteiger partial charge < -0.3 is 8.85 Å². The van der Waals surface area contributed by atoms with Gasteiger partial charge in [0.15, 0.2) is 0 Å². The summed E-state index contributed by atoms with van der Waals surface area (Å²) < 4.78 is 10.7. The van der Waals surface area contributed by atoms with Gasteiger partial charge in [0.1, 0.15) is 0 Å². The zero-order valence-electron chi connectivity index (χ0n) is 15.3. The first-order chi connectivity index (χ1) is 10.9. The van der Waals surface area contributed by atoms with Crippen molar-refractivity contribution in [3.63, 3.8) is 0 Å². The molecule has 0 fully saturated rings. The number of carbonyl (C=O) groups is 2. The molecular formula is C18H26O4Si2. The lowest BCUT2D eigenvalue weighted by atomic mass is 10.1. The van der Waals surface area contributed by atoms with E-state index in [0.717, 1.165) is 11.1 Å². The first kappa shape index (κ1) is 20.1. The SMILES string of the molecule is C[Si](C)(C)OC(=O)/C=C/c1ccc(/C=C/C(=O)O[Si](C)(C)C)cc1. The minimum atomic E-state index is -1.86. The van der Waals surface area contributed by atoms with Crippen LogP contribution in [-0.2, 0) is 18.4 Å². The number of hydrogen-bond acceptors (Lipinski definition) is 4. The average molecular weight is 363 g/mol. The van der Waals surface area contributed by atoms with Crippen molar-refractivity contribution in [2.24, 2.45) is 0 Å². The van der Waals surface area contributed by atoms with Gasteiger partial charge in [0.2, 0.25) is 16.6 Å². The average Bonchev–Trinajstić information content (AvgIpc) is 2.40. The van der Waals surface area contributed by atoms with E-state index in [-0.39, 0.29) is 11.9 Å². The summed E-state index contributed by atoms with van der Waals surface area (Å²) in [7, 11) is -3.71. The minimum Gasteiger partial charge on any atom is -0.517 e. The molecule has 6 heteroatoms. The Balaban J connectivity index is 2.63. The molecule has 0 radical (unpaired) electrons. The maximum absolute atomic E-state index is 11.7. The second kappa shape index (κ2) is 8.25. The van der Waals surface area contributed by atoms with E-state index in [1.165, 1.54) is 12.2 Å². The molecule has 4 nitrogen and oxygen atoms in total. The van der Waals surface area contributed by atoms with Crippen LogP contribution >= 0.6 is 0 Å². The van der Waals surface area contributed by atoms with Crippen LogP contribution in [0.15, 0.2) is 36.4 Å². The van der Waals surface area contributed by atoms with E-state index >= 15 is 0 Å². The lowest BCUT2D eigenvalue weighted by molar-refractivity contribution is -0.130. The predicted molar refractivity (Wildman–Crippen MR) is 103 cm³/mol. The molecule has 1 rings (SSSR count). The maximum atomic E-state index is 11.7. The number of benzene rings is 1. The summed E-state index contributed by atoms with van der Waals surface area (Å²) in [5.41, 5.74) is 1.79. The van der Waals surface area contributed by atoms with Crippen LogP contribution in [0.2, 0.25) is 39.3 Å². The summed E-state index contributed by atoms with van der Waals surface area (Å²) in [6.07, 6.45) is 6.31.